The predicted octanol–water partition coefficient (Wildman–Crippen LogP) is 4.25. The topological polar surface area (TPSA) is 69.9 Å². The molecule has 0 aromatic rings. The van der Waals surface area contributed by atoms with E-state index in [1.165, 1.54) is 6.42 Å². The fourth-order valence-electron chi connectivity index (χ4n) is 3.14. The number of hydrogen-bond acceptors (Lipinski definition) is 4. The highest BCUT2D eigenvalue weighted by molar-refractivity contribution is 5.01. The van der Waals surface area contributed by atoms with Crippen molar-refractivity contribution in [2.75, 3.05) is 6.61 Å². The molecule has 0 aromatic heterocycles. The van der Waals surface area contributed by atoms with E-state index in [2.05, 4.69) is 41.5 Å². The Kier molecular flexibility index (Phi) is 12.5. The molecule has 0 bridgehead atoms. The van der Waals surface area contributed by atoms with Crippen LogP contribution in [0.3, 0.4) is 0 Å². The lowest BCUT2D eigenvalue weighted by molar-refractivity contribution is -0.255. The summed E-state index contributed by atoms with van der Waals surface area (Å²) < 4.78 is 5.97. The van der Waals surface area contributed by atoms with Crippen molar-refractivity contribution in [1.82, 2.24) is 0 Å². The zero-order valence-corrected chi connectivity index (χ0v) is 18.6. The molecule has 0 saturated carbocycles. The quantitative estimate of drug-likeness (QED) is 0.702. The van der Waals surface area contributed by atoms with Gasteiger partial charge in [0.2, 0.25) is 0 Å². The van der Waals surface area contributed by atoms with Gasteiger partial charge in [0, 0.05) is 5.92 Å². The standard InChI is InChI=1S/C16H32O4.C3H8.C2H6/c1-9(2)16(6,7)11-10(8-17)20-14(15(3,4)5)13(19)12(11)18;1-3-2;1-2/h9-14,17-19H,8H2,1-7H3;3H2,1-2H3;1-2H3. The van der Waals surface area contributed by atoms with Crippen LogP contribution in [0.1, 0.15) is 82.6 Å². The number of hydrogen-bond donors (Lipinski definition) is 3. The molecule has 1 rings (SSSR count). The van der Waals surface area contributed by atoms with Crippen molar-refractivity contribution < 1.29 is 20.1 Å². The molecule has 0 aromatic carbocycles. The Balaban J connectivity index is 0. The van der Waals surface area contributed by atoms with E-state index < -0.39 is 24.4 Å². The van der Waals surface area contributed by atoms with Gasteiger partial charge in [-0.15, -0.1) is 0 Å². The summed E-state index contributed by atoms with van der Waals surface area (Å²) in [5.41, 5.74) is -0.530. The van der Waals surface area contributed by atoms with Crippen molar-refractivity contribution >= 4 is 0 Å². The van der Waals surface area contributed by atoms with E-state index in [0.717, 1.165) is 0 Å². The fraction of sp³-hybridized carbons (Fsp3) is 1.00. The van der Waals surface area contributed by atoms with Crippen molar-refractivity contribution in [3.63, 3.8) is 0 Å². The molecule has 1 fully saturated rings. The molecule has 0 radical (unpaired) electrons. The molecule has 0 spiro atoms. The van der Waals surface area contributed by atoms with Gasteiger partial charge in [0.25, 0.3) is 0 Å². The molecular formula is C21H46O4. The molecule has 1 heterocycles. The van der Waals surface area contributed by atoms with E-state index >= 15 is 0 Å². The molecule has 1 saturated heterocycles. The van der Waals surface area contributed by atoms with Crippen LogP contribution in [-0.4, -0.2) is 46.3 Å². The first kappa shape index (κ1) is 27.1. The maximum Gasteiger partial charge on any atom is 0.107 e. The van der Waals surface area contributed by atoms with Crippen molar-refractivity contribution in [2.45, 2.75) is 107 Å². The molecule has 0 aliphatic carbocycles. The Hall–Kier alpha value is -0.160. The Morgan fingerprint density at radius 3 is 1.60 bits per heavy atom. The van der Waals surface area contributed by atoms with Gasteiger partial charge in [-0.2, -0.15) is 0 Å². The second kappa shape index (κ2) is 11.5. The van der Waals surface area contributed by atoms with Crippen LogP contribution in [0, 0.1) is 22.7 Å². The molecule has 25 heavy (non-hydrogen) atoms. The van der Waals surface area contributed by atoms with Crippen LogP contribution in [0.4, 0.5) is 0 Å². The zero-order chi connectivity index (χ0) is 20.6. The molecule has 5 unspecified atom stereocenters. The van der Waals surface area contributed by atoms with E-state index in [1.54, 1.807) is 0 Å². The Morgan fingerprint density at radius 1 is 0.920 bits per heavy atom. The molecule has 0 amide bonds. The first-order valence-electron chi connectivity index (χ1n) is 9.98. The van der Waals surface area contributed by atoms with E-state index in [1.807, 2.05) is 34.6 Å². The van der Waals surface area contributed by atoms with Crippen LogP contribution in [-0.2, 0) is 4.74 Å². The van der Waals surface area contributed by atoms with Crippen LogP contribution >= 0.6 is 0 Å². The van der Waals surface area contributed by atoms with Gasteiger partial charge in [-0.3, -0.25) is 0 Å². The monoisotopic (exact) mass is 362 g/mol. The number of aliphatic hydroxyl groups excluding tert-OH is 3. The van der Waals surface area contributed by atoms with Crippen molar-refractivity contribution in [1.29, 1.82) is 0 Å². The smallest absolute Gasteiger partial charge is 0.107 e. The largest absolute Gasteiger partial charge is 0.394 e. The first-order valence-corrected chi connectivity index (χ1v) is 9.98. The average molecular weight is 363 g/mol. The van der Waals surface area contributed by atoms with Crippen LogP contribution in [0.2, 0.25) is 0 Å². The summed E-state index contributed by atoms with van der Waals surface area (Å²) in [5, 5.41) is 30.7. The van der Waals surface area contributed by atoms with Gasteiger partial charge in [-0.05, 0) is 16.7 Å². The highest BCUT2D eigenvalue weighted by Crippen LogP contribution is 2.46. The summed E-state index contributed by atoms with van der Waals surface area (Å²) in [5.74, 6) is 0.0132. The summed E-state index contributed by atoms with van der Waals surface area (Å²) in [6.07, 6.45) is -1.49. The fourth-order valence-corrected chi connectivity index (χ4v) is 3.14. The SMILES string of the molecule is CC.CC(C)C(C)(C)C1C(CO)OC(C(C)(C)C)C(O)C1O.CCC. The molecule has 154 valence electrons. The third kappa shape index (κ3) is 7.16. The minimum atomic E-state index is -0.930. The van der Waals surface area contributed by atoms with Gasteiger partial charge in [0.05, 0.1) is 24.9 Å². The minimum Gasteiger partial charge on any atom is -0.394 e. The predicted molar refractivity (Wildman–Crippen MR) is 107 cm³/mol. The van der Waals surface area contributed by atoms with Crippen molar-refractivity contribution in [2.24, 2.45) is 22.7 Å². The Bertz CT molecular complexity index is 331. The summed E-state index contributed by atoms with van der Waals surface area (Å²) in [4.78, 5) is 0. The van der Waals surface area contributed by atoms with Gasteiger partial charge in [-0.25, -0.2) is 0 Å². The van der Waals surface area contributed by atoms with Crippen molar-refractivity contribution in [3.8, 4) is 0 Å². The lowest BCUT2D eigenvalue weighted by Crippen LogP contribution is -2.62. The van der Waals surface area contributed by atoms with E-state index in [9.17, 15) is 15.3 Å². The highest BCUT2D eigenvalue weighted by atomic mass is 16.5. The van der Waals surface area contributed by atoms with Gasteiger partial charge in [0.1, 0.15) is 6.10 Å². The van der Waals surface area contributed by atoms with E-state index in [-0.39, 0.29) is 23.4 Å². The van der Waals surface area contributed by atoms with Crippen LogP contribution in [0.5, 0.6) is 0 Å². The van der Waals surface area contributed by atoms with Gasteiger partial charge < -0.3 is 20.1 Å². The van der Waals surface area contributed by atoms with Crippen molar-refractivity contribution in [3.05, 3.63) is 0 Å². The van der Waals surface area contributed by atoms with E-state index in [4.69, 9.17) is 4.74 Å². The molecule has 3 N–H and O–H groups in total. The third-order valence-corrected chi connectivity index (χ3v) is 5.13. The summed E-state index contributed by atoms with van der Waals surface area (Å²) in [6.45, 7) is 22.3. The normalized spacial score (nSPS) is 30.1. The second-order valence-electron chi connectivity index (χ2n) is 8.83. The van der Waals surface area contributed by atoms with Gasteiger partial charge >= 0.3 is 0 Å². The number of rotatable bonds is 3. The highest BCUT2D eigenvalue weighted by Gasteiger charge is 2.53. The molecule has 1 aliphatic heterocycles. The van der Waals surface area contributed by atoms with E-state index in [0.29, 0.717) is 5.92 Å². The number of aliphatic hydroxyl groups is 3. The summed E-state index contributed by atoms with van der Waals surface area (Å²) >= 11 is 0. The lowest BCUT2D eigenvalue weighted by atomic mass is 9.63. The van der Waals surface area contributed by atoms with Gasteiger partial charge in [0.15, 0.2) is 0 Å². The minimum absolute atomic E-state index is 0.142. The van der Waals surface area contributed by atoms with Gasteiger partial charge in [-0.1, -0.05) is 82.6 Å². The first-order chi connectivity index (χ1) is 11.4. The lowest BCUT2D eigenvalue weighted by Gasteiger charge is -2.53. The maximum atomic E-state index is 10.6. The molecule has 4 nitrogen and oxygen atoms in total. The Labute approximate surface area is 157 Å². The second-order valence-corrected chi connectivity index (χ2v) is 8.83. The van der Waals surface area contributed by atoms with Crippen LogP contribution in [0.15, 0.2) is 0 Å². The summed E-state index contributed by atoms with van der Waals surface area (Å²) in [7, 11) is 0. The number of ether oxygens (including phenoxy) is 1. The molecule has 4 heteroatoms. The maximum absolute atomic E-state index is 10.6. The van der Waals surface area contributed by atoms with Crippen LogP contribution in [0.25, 0.3) is 0 Å². The molecular weight excluding hydrogens is 316 g/mol. The zero-order valence-electron chi connectivity index (χ0n) is 18.6. The molecule has 1 aliphatic rings. The Morgan fingerprint density at radius 2 is 1.32 bits per heavy atom. The summed E-state index contributed by atoms with van der Waals surface area (Å²) in [6, 6.07) is 0. The third-order valence-electron chi connectivity index (χ3n) is 5.13. The molecule has 5 atom stereocenters. The average Bonchev–Trinajstić information content (AvgIpc) is 2.50. The van der Waals surface area contributed by atoms with Crippen LogP contribution < -0.4 is 0 Å².